The maximum Gasteiger partial charge on any atom is 0.200 e. The molecule has 3 nitrogen and oxygen atoms in total. The van der Waals surface area contributed by atoms with E-state index >= 15 is 0 Å². The zero-order valence-electron chi connectivity index (χ0n) is 11.4. The average molecular weight is 281 g/mol. The molecule has 0 aliphatic rings. The quantitative estimate of drug-likeness (QED) is 0.714. The Morgan fingerprint density at radius 1 is 1.00 bits per heavy atom. The average Bonchev–Trinajstić information content (AvgIpc) is 2.82. The molecule has 0 bridgehead atoms. The second-order valence-electron chi connectivity index (χ2n) is 4.84. The first-order valence-electron chi connectivity index (χ1n) is 6.47. The van der Waals surface area contributed by atoms with Crippen molar-refractivity contribution in [3.63, 3.8) is 0 Å². The van der Waals surface area contributed by atoms with Crippen LogP contribution in [0.4, 0.5) is 0 Å². The van der Waals surface area contributed by atoms with Crippen LogP contribution in [0.25, 0.3) is 17.1 Å². The second kappa shape index (κ2) is 5.06. The minimum absolute atomic E-state index is 0.604. The van der Waals surface area contributed by atoms with E-state index in [1.807, 2.05) is 16.7 Å². The van der Waals surface area contributed by atoms with Crippen LogP contribution in [0.5, 0.6) is 0 Å². The smallest absolute Gasteiger partial charge is 0.200 e. The monoisotopic (exact) mass is 281 g/mol. The van der Waals surface area contributed by atoms with Crippen molar-refractivity contribution in [3.8, 4) is 17.1 Å². The molecule has 0 saturated heterocycles. The van der Waals surface area contributed by atoms with Crippen LogP contribution < -0.4 is 0 Å². The van der Waals surface area contributed by atoms with E-state index in [9.17, 15) is 0 Å². The van der Waals surface area contributed by atoms with Gasteiger partial charge in [0.05, 0.1) is 0 Å². The minimum Gasteiger partial charge on any atom is -0.268 e. The highest BCUT2D eigenvalue weighted by atomic mass is 32.1. The number of nitrogens with zero attached hydrogens (tertiary/aromatic N) is 2. The standard InChI is InChI=1S/C16H15N3S/c1-11-7-9-13(10-8-11)19-15(17-18-16(19)20)14-6-4-3-5-12(14)2/h3-10H,1-2H3,(H,18,20). The summed E-state index contributed by atoms with van der Waals surface area (Å²) in [6.45, 7) is 4.15. The Morgan fingerprint density at radius 3 is 2.40 bits per heavy atom. The van der Waals surface area contributed by atoms with Crippen LogP contribution in [0.1, 0.15) is 11.1 Å². The van der Waals surface area contributed by atoms with Gasteiger partial charge in [0.25, 0.3) is 0 Å². The van der Waals surface area contributed by atoms with Gasteiger partial charge in [-0.2, -0.15) is 5.10 Å². The van der Waals surface area contributed by atoms with E-state index in [1.54, 1.807) is 0 Å². The molecule has 4 heteroatoms. The predicted octanol–water partition coefficient (Wildman–Crippen LogP) is 4.21. The molecule has 0 fully saturated rings. The fourth-order valence-electron chi connectivity index (χ4n) is 2.23. The molecule has 1 heterocycles. The topological polar surface area (TPSA) is 33.6 Å². The van der Waals surface area contributed by atoms with Gasteiger partial charge in [0.1, 0.15) is 0 Å². The van der Waals surface area contributed by atoms with E-state index in [0.29, 0.717) is 4.77 Å². The number of H-pyrrole nitrogens is 1. The molecule has 2 aromatic carbocycles. The summed E-state index contributed by atoms with van der Waals surface area (Å²) in [7, 11) is 0. The molecule has 3 rings (SSSR count). The SMILES string of the molecule is Cc1ccc(-n2c(-c3ccccc3C)n[nH]c2=S)cc1. The molecular formula is C16H15N3S. The molecular weight excluding hydrogens is 266 g/mol. The number of hydrogen-bond acceptors (Lipinski definition) is 2. The van der Waals surface area contributed by atoms with Gasteiger partial charge in [-0.3, -0.25) is 9.67 Å². The van der Waals surface area contributed by atoms with Crippen molar-refractivity contribution in [2.75, 3.05) is 0 Å². The normalized spacial score (nSPS) is 10.7. The van der Waals surface area contributed by atoms with Crippen molar-refractivity contribution in [2.45, 2.75) is 13.8 Å². The largest absolute Gasteiger partial charge is 0.268 e. The Hall–Kier alpha value is -2.20. The molecule has 1 aromatic heterocycles. The zero-order chi connectivity index (χ0) is 14.1. The lowest BCUT2D eigenvalue weighted by molar-refractivity contribution is 1.03. The van der Waals surface area contributed by atoms with Crippen molar-refractivity contribution in [1.82, 2.24) is 14.8 Å². The summed E-state index contributed by atoms with van der Waals surface area (Å²) < 4.78 is 2.57. The molecule has 1 N–H and O–H groups in total. The van der Waals surface area contributed by atoms with E-state index in [4.69, 9.17) is 12.2 Å². The van der Waals surface area contributed by atoms with Gasteiger partial charge >= 0.3 is 0 Å². The third-order valence-electron chi connectivity index (χ3n) is 3.35. The molecule has 0 amide bonds. The molecule has 0 radical (unpaired) electrons. The molecule has 0 unspecified atom stereocenters. The third kappa shape index (κ3) is 2.18. The van der Waals surface area contributed by atoms with Gasteiger partial charge in [-0.15, -0.1) is 0 Å². The number of benzene rings is 2. The van der Waals surface area contributed by atoms with E-state index in [0.717, 1.165) is 17.1 Å². The lowest BCUT2D eigenvalue weighted by atomic mass is 10.1. The van der Waals surface area contributed by atoms with Crippen LogP contribution in [-0.2, 0) is 0 Å². The Balaban J connectivity index is 2.23. The third-order valence-corrected chi connectivity index (χ3v) is 3.62. The van der Waals surface area contributed by atoms with Gasteiger partial charge in [0, 0.05) is 11.3 Å². The number of aryl methyl sites for hydroxylation is 2. The molecule has 0 spiro atoms. The van der Waals surface area contributed by atoms with E-state index in [-0.39, 0.29) is 0 Å². The number of aromatic nitrogens is 3. The van der Waals surface area contributed by atoms with Gasteiger partial charge in [0.15, 0.2) is 10.6 Å². The Kier molecular flexibility index (Phi) is 3.24. The molecule has 0 saturated carbocycles. The summed E-state index contributed by atoms with van der Waals surface area (Å²) in [4.78, 5) is 0. The summed E-state index contributed by atoms with van der Waals surface area (Å²) in [6, 6.07) is 16.4. The highest BCUT2D eigenvalue weighted by Gasteiger charge is 2.12. The molecule has 20 heavy (non-hydrogen) atoms. The number of nitrogens with one attached hydrogen (secondary N) is 1. The van der Waals surface area contributed by atoms with Crippen molar-refractivity contribution in [1.29, 1.82) is 0 Å². The summed E-state index contributed by atoms with van der Waals surface area (Å²) in [5.74, 6) is 0.844. The van der Waals surface area contributed by atoms with Crippen LogP contribution >= 0.6 is 12.2 Å². The van der Waals surface area contributed by atoms with Crippen molar-refractivity contribution >= 4 is 12.2 Å². The number of aromatic amines is 1. The lowest BCUT2D eigenvalue weighted by Crippen LogP contribution is -1.98. The zero-order valence-corrected chi connectivity index (χ0v) is 12.2. The lowest BCUT2D eigenvalue weighted by Gasteiger charge is -2.09. The van der Waals surface area contributed by atoms with Gasteiger partial charge in [0.2, 0.25) is 0 Å². The number of rotatable bonds is 2. The first kappa shape index (κ1) is 12.8. The summed E-state index contributed by atoms with van der Waals surface area (Å²) in [6.07, 6.45) is 0. The fourth-order valence-corrected chi connectivity index (χ4v) is 2.47. The molecule has 0 atom stereocenters. The van der Waals surface area contributed by atoms with E-state index in [2.05, 4.69) is 60.4 Å². The van der Waals surface area contributed by atoms with Crippen LogP contribution in [0, 0.1) is 18.6 Å². The highest BCUT2D eigenvalue weighted by molar-refractivity contribution is 7.71. The van der Waals surface area contributed by atoms with Crippen molar-refractivity contribution < 1.29 is 0 Å². The van der Waals surface area contributed by atoms with Crippen LogP contribution in [0.2, 0.25) is 0 Å². The minimum atomic E-state index is 0.604. The number of hydrogen-bond donors (Lipinski definition) is 1. The first-order valence-corrected chi connectivity index (χ1v) is 6.88. The summed E-state index contributed by atoms with van der Waals surface area (Å²) >= 11 is 5.38. The predicted molar refractivity (Wildman–Crippen MR) is 83.7 cm³/mol. The van der Waals surface area contributed by atoms with Crippen molar-refractivity contribution in [3.05, 3.63) is 64.4 Å². The fraction of sp³-hybridized carbons (Fsp3) is 0.125. The highest BCUT2D eigenvalue weighted by Crippen LogP contribution is 2.24. The van der Waals surface area contributed by atoms with Gasteiger partial charge in [-0.25, -0.2) is 0 Å². The van der Waals surface area contributed by atoms with E-state index < -0.39 is 0 Å². The van der Waals surface area contributed by atoms with E-state index in [1.165, 1.54) is 11.1 Å². The Morgan fingerprint density at radius 2 is 1.70 bits per heavy atom. The summed E-state index contributed by atoms with van der Waals surface area (Å²) in [5, 5.41) is 7.28. The van der Waals surface area contributed by atoms with Gasteiger partial charge < -0.3 is 0 Å². The maximum atomic E-state index is 5.38. The van der Waals surface area contributed by atoms with Crippen LogP contribution in [-0.4, -0.2) is 14.8 Å². The van der Waals surface area contributed by atoms with Crippen molar-refractivity contribution in [2.24, 2.45) is 0 Å². The van der Waals surface area contributed by atoms with Gasteiger partial charge in [-0.05, 0) is 43.8 Å². The maximum absolute atomic E-state index is 5.38. The van der Waals surface area contributed by atoms with Crippen LogP contribution in [0.15, 0.2) is 48.5 Å². The first-order chi connectivity index (χ1) is 9.66. The summed E-state index contributed by atoms with van der Waals surface area (Å²) in [5.41, 5.74) is 4.50. The Bertz CT molecular complexity index is 797. The molecule has 3 aromatic rings. The molecule has 100 valence electrons. The molecule has 0 aliphatic heterocycles. The molecule has 0 aliphatic carbocycles. The second-order valence-corrected chi connectivity index (χ2v) is 5.22. The Labute approximate surface area is 122 Å². The van der Waals surface area contributed by atoms with Crippen LogP contribution in [0.3, 0.4) is 0 Å². The van der Waals surface area contributed by atoms with Gasteiger partial charge in [-0.1, -0.05) is 42.0 Å².